The summed E-state index contributed by atoms with van der Waals surface area (Å²) < 4.78 is 25.7. The van der Waals surface area contributed by atoms with Crippen LogP contribution in [0.2, 0.25) is 5.02 Å². The highest BCUT2D eigenvalue weighted by molar-refractivity contribution is 6.30. The van der Waals surface area contributed by atoms with Gasteiger partial charge in [-0.15, -0.1) is 0 Å². The van der Waals surface area contributed by atoms with Gasteiger partial charge in [-0.2, -0.15) is 0 Å². The van der Waals surface area contributed by atoms with Crippen LogP contribution in [0.4, 0.5) is 14.9 Å². The normalized spacial score (nSPS) is 19.0. The first-order valence-electron chi connectivity index (χ1n) is 10.6. The summed E-state index contributed by atoms with van der Waals surface area (Å²) in [6, 6.07) is 7.65. The van der Waals surface area contributed by atoms with Crippen molar-refractivity contribution in [2.45, 2.75) is 32.5 Å². The van der Waals surface area contributed by atoms with E-state index in [1.165, 1.54) is 23.2 Å². The van der Waals surface area contributed by atoms with Crippen LogP contribution in [0.15, 0.2) is 36.5 Å². The molecule has 2 aromatic rings. The third kappa shape index (κ3) is 6.55. The Balaban J connectivity index is 1.83. The molecule has 1 aliphatic heterocycles. The minimum atomic E-state index is -0.664. The van der Waals surface area contributed by atoms with Gasteiger partial charge in [0.05, 0.1) is 23.4 Å². The molecule has 2 amide bonds. The predicted molar refractivity (Wildman–Crippen MR) is 122 cm³/mol. The second kappa shape index (κ2) is 10.4. The van der Waals surface area contributed by atoms with E-state index >= 15 is 0 Å². The first kappa shape index (κ1) is 24.7. The number of hydrogen-bond donors (Lipinski definition) is 2. The molecular weight excluding hydrogens is 451 g/mol. The Hall–Kier alpha value is -2.91. The average molecular weight is 479 g/mol. The lowest BCUT2D eigenvalue weighted by molar-refractivity contribution is 0.0231. The number of aromatic nitrogens is 1. The molecule has 1 aromatic carbocycles. The lowest BCUT2D eigenvalue weighted by Gasteiger charge is -2.30. The number of carbonyl (C=O) groups excluding carboxylic acids is 2. The van der Waals surface area contributed by atoms with E-state index in [9.17, 15) is 14.0 Å². The van der Waals surface area contributed by atoms with Crippen LogP contribution in [0.1, 0.15) is 42.9 Å². The Labute approximate surface area is 197 Å². The lowest BCUT2D eigenvalue weighted by atomic mass is 9.94. The van der Waals surface area contributed by atoms with Crippen LogP contribution in [-0.4, -0.2) is 53.7 Å². The maximum atomic E-state index is 14.2. The van der Waals surface area contributed by atoms with Crippen LogP contribution in [0.5, 0.6) is 0 Å². The first-order valence-corrected chi connectivity index (χ1v) is 11.0. The van der Waals surface area contributed by atoms with Gasteiger partial charge in [-0.1, -0.05) is 17.7 Å². The highest BCUT2D eigenvalue weighted by atomic mass is 35.5. The number of ether oxygens (including phenoxy) is 2. The van der Waals surface area contributed by atoms with Crippen molar-refractivity contribution in [1.82, 2.24) is 15.2 Å². The number of rotatable bonds is 4. The van der Waals surface area contributed by atoms with Gasteiger partial charge in [0.2, 0.25) is 0 Å². The van der Waals surface area contributed by atoms with Crippen LogP contribution >= 0.6 is 11.6 Å². The molecule has 2 heterocycles. The van der Waals surface area contributed by atoms with Gasteiger partial charge in [0, 0.05) is 31.7 Å². The summed E-state index contributed by atoms with van der Waals surface area (Å²) in [6.45, 7) is 6.21. The number of carbonyl (C=O) groups is 2. The summed E-state index contributed by atoms with van der Waals surface area (Å²) >= 11 is 5.84. The zero-order valence-electron chi connectivity index (χ0n) is 18.8. The van der Waals surface area contributed by atoms with Gasteiger partial charge in [0.1, 0.15) is 11.4 Å². The Morgan fingerprint density at radius 3 is 2.79 bits per heavy atom. The summed E-state index contributed by atoms with van der Waals surface area (Å²) in [5, 5.41) is 2.81. The lowest BCUT2D eigenvalue weighted by Crippen LogP contribution is -2.43. The summed E-state index contributed by atoms with van der Waals surface area (Å²) in [4.78, 5) is 30.9. The van der Waals surface area contributed by atoms with Crippen molar-refractivity contribution in [2.24, 2.45) is 5.92 Å². The van der Waals surface area contributed by atoms with Crippen LogP contribution < -0.4 is 11.1 Å². The minimum Gasteiger partial charge on any atom is -0.444 e. The van der Waals surface area contributed by atoms with Gasteiger partial charge < -0.3 is 25.4 Å². The summed E-state index contributed by atoms with van der Waals surface area (Å²) in [6.07, 6.45) is 0.397. The number of nitrogen functional groups attached to an aromatic ring is 1. The number of amides is 2. The third-order valence-corrected chi connectivity index (χ3v) is 5.35. The molecule has 8 nitrogen and oxygen atoms in total. The van der Waals surface area contributed by atoms with E-state index in [-0.39, 0.29) is 36.1 Å². The molecule has 0 aliphatic carbocycles. The van der Waals surface area contributed by atoms with Gasteiger partial charge in [0.15, 0.2) is 5.69 Å². The van der Waals surface area contributed by atoms with Crippen molar-refractivity contribution in [1.29, 1.82) is 0 Å². The highest BCUT2D eigenvalue weighted by Gasteiger charge is 2.34. The maximum absolute atomic E-state index is 14.2. The molecular formula is C23H28ClFN4O4. The van der Waals surface area contributed by atoms with Gasteiger partial charge in [-0.3, -0.25) is 4.79 Å². The van der Waals surface area contributed by atoms with E-state index in [2.05, 4.69) is 10.3 Å². The molecule has 1 saturated heterocycles. The Bertz CT molecular complexity index is 1010. The van der Waals surface area contributed by atoms with Crippen LogP contribution in [-0.2, 0) is 9.47 Å². The molecule has 0 spiro atoms. The Kier molecular flexibility index (Phi) is 7.76. The SMILES string of the molecule is CC(C)(C)OC(=O)N1CCO[C@@H](c2ccc(Cl)c(F)c2)[C@H](CNC(=O)c2ncccc2N)C1. The number of nitrogens with two attached hydrogens (primary N) is 1. The van der Waals surface area contributed by atoms with E-state index in [1.807, 2.05) is 0 Å². The monoisotopic (exact) mass is 478 g/mol. The second-order valence-electron chi connectivity index (χ2n) is 8.80. The molecule has 3 N–H and O–H groups in total. The molecule has 2 atom stereocenters. The standard InChI is InChI=1S/C23H28ClFN4O4/c1-23(2,3)33-22(31)29-9-10-32-20(14-6-7-16(24)17(25)11-14)15(13-29)12-28-21(30)19-18(26)5-4-8-27-19/h4-8,11,15,20H,9-10,12-13,26H2,1-3H3,(H,28,30)/t15-,20+/m1/s1. The van der Waals surface area contributed by atoms with E-state index in [0.717, 1.165) is 0 Å². The number of nitrogens with one attached hydrogen (secondary N) is 1. The van der Waals surface area contributed by atoms with E-state index in [1.54, 1.807) is 39.0 Å². The number of pyridine rings is 1. The van der Waals surface area contributed by atoms with E-state index in [4.69, 9.17) is 26.8 Å². The van der Waals surface area contributed by atoms with Crippen molar-refractivity contribution in [2.75, 3.05) is 32.0 Å². The smallest absolute Gasteiger partial charge is 0.410 e. The number of anilines is 1. The van der Waals surface area contributed by atoms with Gasteiger partial charge >= 0.3 is 6.09 Å². The fraction of sp³-hybridized carbons (Fsp3) is 0.435. The number of nitrogens with zero attached hydrogens (tertiary/aromatic N) is 2. The summed E-state index contributed by atoms with van der Waals surface area (Å²) in [5.74, 6) is -1.44. The molecule has 1 aliphatic rings. The molecule has 1 fully saturated rings. The van der Waals surface area contributed by atoms with Gasteiger partial charge in [0.25, 0.3) is 5.91 Å². The molecule has 0 saturated carbocycles. The quantitative estimate of drug-likeness (QED) is 0.692. The highest BCUT2D eigenvalue weighted by Crippen LogP contribution is 2.31. The second-order valence-corrected chi connectivity index (χ2v) is 9.21. The molecule has 0 bridgehead atoms. The van der Waals surface area contributed by atoms with Gasteiger partial charge in [-0.25, -0.2) is 14.2 Å². The molecule has 178 valence electrons. The summed E-state index contributed by atoms with van der Waals surface area (Å²) in [5.41, 5.74) is 6.10. The van der Waals surface area contributed by atoms with Crippen molar-refractivity contribution in [3.05, 3.63) is 58.6 Å². The predicted octanol–water partition coefficient (Wildman–Crippen LogP) is 3.81. The van der Waals surface area contributed by atoms with Crippen molar-refractivity contribution in [3.8, 4) is 0 Å². The first-order chi connectivity index (χ1) is 15.5. The van der Waals surface area contributed by atoms with Crippen molar-refractivity contribution < 1.29 is 23.5 Å². The largest absolute Gasteiger partial charge is 0.444 e. The van der Waals surface area contributed by atoms with Crippen LogP contribution in [0.25, 0.3) is 0 Å². The zero-order chi connectivity index (χ0) is 24.2. The maximum Gasteiger partial charge on any atom is 0.410 e. The van der Waals surface area contributed by atoms with Crippen molar-refractivity contribution >= 4 is 29.3 Å². The minimum absolute atomic E-state index is 0.00164. The van der Waals surface area contributed by atoms with Crippen LogP contribution in [0, 0.1) is 11.7 Å². The molecule has 33 heavy (non-hydrogen) atoms. The van der Waals surface area contributed by atoms with Crippen LogP contribution in [0.3, 0.4) is 0 Å². The van der Waals surface area contributed by atoms with Crippen molar-refractivity contribution in [3.63, 3.8) is 0 Å². The van der Waals surface area contributed by atoms with Gasteiger partial charge in [-0.05, 0) is 50.6 Å². The molecule has 10 heteroatoms. The molecule has 3 rings (SSSR count). The fourth-order valence-corrected chi connectivity index (χ4v) is 3.65. The topological polar surface area (TPSA) is 107 Å². The Morgan fingerprint density at radius 1 is 1.36 bits per heavy atom. The summed E-state index contributed by atoms with van der Waals surface area (Å²) in [7, 11) is 0. The zero-order valence-corrected chi connectivity index (χ0v) is 19.6. The average Bonchev–Trinajstić information content (AvgIpc) is 2.96. The molecule has 1 aromatic heterocycles. The molecule has 0 unspecified atom stereocenters. The number of hydrogen-bond acceptors (Lipinski definition) is 6. The fourth-order valence-electron chi connectivity index (χ4n) is 3.53. The number of halogens is 2. The van der Waals surface area contributed by atoms with E-state index < -0.39 is 35.4 Å². The number of benzene rings is 1. The third-order valence-electron chi connectivity index (χ3n) is 5.04. The Morgan fingerprint density at radius 2 is 2.12 bits per heavy atom. The van der Waals surface area contributed by atoms with E-state index in [0.29, 0.717) is 12.1 Å². The molecule has 0 radical (unpaired) electrons.